The highest BCUT2D eigenvalue weighted by molar-refractivity contribution is 14.1. The Labute approximate surface area is 137 Å². The number of anilines is 1. The monoisotopic (exact) mass is 393 g/mol. The summed E-state index contributed by atoms with van der Waals surface area (Å²) in [6.45, 7) is 1.38. The van der Waals surface area contributed by atoms with Crippen LogP contribution in [0.25, 0.3) is 22.4 Å². The zero-order valence-electron chi connectivity index (χ0n) is 11.7. The van der Waals surface area contributed by atoms with Gasteiger partial charge in [-0.05, 0) is 52.9 Å². The molecule has 1 heterocycles. The average molecular weight is 393 g/mol. The molecular weight excluding hydrogens is 377 g/mol. The highest BCUT2D eigenvalue weighted by Crippen LogP contribution is 2.30. The second kappa shape index (κ2) is 6.03. The fraction of sp³-hybridized carbons (Fsp3) is 0.188. The number of hydrogen-bond donors (Lipinski definition) is 1. The Kier molecular flexibility index (Phi) is 4.12. The number of aromatic nitrogens is 2. The van der Waals surface area contributed by atoms with Gasteiger partial charge in [-0.25, -0.2) is 4.98 Å². The molecule has 2 aromatic carbocycles. The van der Waals surface area contributed by atoms with E-state index < -0.39 is 0 Å². The maximum atomic E-state index is 6.15. The number of para-hydroxylation sites is 2. The Morgan fingerprint density at radius 2 is 2.05 bits per heavy atom. The number of halogens is 1. The number of imidazole rings is 1. The lowest BCUT2D eigenvalue weighted by Crippen LogP contribution is -2.07. The molecular formula is C16H16IN3O. The Bertz CT molecular complexity index is 782. The van der Waals surface area contributed by atoms with Crippen LogP contribution in [-0.2, 0) is 11.3 Å². The molecule has 0 aliphatic rings. The van der Waals surface area contributed by atoms with Gasteiger partial charge in [0.1, 0.15) is 5.82 Å². The fourth-order valence-corrected chi connectivity index (χ4v) is 2.90. The Balaban J connectivity index is 2.23. The Morgan fingerprint density at radius 1 is 1.24 bits per heavy atom. The van der Waals surface area contributed by atoms with E-state index in [4.69, 9.17) is 15.5 Å². The molecule has 0 radical (unpaired) electrons. The lowest BCUT2D eigenvalue weighted by molar-refractivity contribution is 0.188. The third kappa shape index (κ3) is 2.75. The molecule has 0 saturated heterocycles. The van der Waals surface area contributed by atoms with Crippen LogP contribution < -0.4 is 5.73 Å². The summed E-state index contributed by atoms with van der Waals surface area (Å²) >= 11 is 2.29. The molecule has 108 valence electrons. The summed E-state index contributed by atoms with van der Waals surface area (Å²) in [5.41, 5.74) is 9.93. The van der Waals surface area contributed by atoms with Crippen molar-refractivity contribution in [2.75, 3.05) is 19.5 Å². The third-order valence-electron chi connectivity index (χ3n) is 3.43. The van der Waals surface area contributed by atoms with Gasteiger partial charge in [0.05, 0.1) is 17.6 Å². The topological polar surface area (TPSA) is 53.1 Å². The number of ether oxygens (including phenoxy) is 1. The predicted octanol–water partition coefficient (Wildman–Crippen LogP) is 3.54. The van der Waals surface area contributed by atoms with Crippen LogP contribution in [0.2, 0.25) is 0 Å². The Morgan fingerprint density at radius 3 is 2.86 bits per heavy atom. The van der Waals surface area contributed by atoms with Gasteiger partial charge in [-0.3, -0.25) is 0 Å². The van der Waals surface area contributed by atoms with Gasteiger partial charge in [0.2, 0.25) is 0 Å². The smallest absolute Gasteiger partial charge is 0.143 e. The number of fused-ring (bicyclic) bond motifs is 1. The second-order valence-electron chi connectivity index (χ2n) is 4.80. The molecule has 21 heavy (non-hydrogen) atoms. The van der Waals surface area contributed by atoms with Gasteiger partial charge in [-0.2, -0.15) is 0 Å². The molecule has 0 atom stereocenters. The Hall–Kier alpha value is -1.60. The van der Waals surface area contributed by atoms with Crippen LogP contribution >= 0.6 is 22.6 Å². The van der Waals surface area contributed by atoms with Crippen LogP contribution in [0.4, 0.5) is 5.69 Å². The van der Waals surface area contributed by atoms with E-state index in [2.05, 4.69) is 39.3 Å². The molecule has 0 saturated carbocycles. The first-order valence-electron chi connectivity index (χ1n) is 6.70. The minimum absolute atomic E-state index is 0.636. The van der Waals surface area contributed by atoms with Crippen LogP contribution in [0.3, 0.4) is 0 Å². The first kappa shape index (κ1) is 14.3. The van der Waals surface area contributed by atoms with Crippen LogP contribution in [0, 0.1) is 3.57 Å². The first-order valence-corrected chi connectivity index (χ1v) is 7.78. The number of benzene rings is 2. The molecule has 0 spiro atoms. The molecule has 0 unspecified atom stereocenters. The van der Waals surface area contributed by atoms with Crippen molar-refractivity contribution >= 4 is 39.3 Å². The average Bonchev–Trinajstić information content (AvgIpc) is 2.86. The summed E-state index contributed by atoms with van der Waals surface area (Å²) in [6, 6.07) is 14.1. The molecule has 3 aromatic rings. The third-order valence-corrected chi connectivity index (χ3v) is 4.10. The molecule has 4 nitrogen and oxygen atoms in total. The zero-order valence-corrected chi connectivity index (χ0v) is 13.9. The summed E-state index contributed by atoms with van der Waals surface area (Å²) in [5.74, 6) is 0.893. The van der Waals surface area contributed by atoms with Crippen molar-refractivity contribution in [3.05, 3.63) is 46.0 Å². The summed E-state index contributed by atoms with van der Waals surface area (Å²) in [7, 11) is 1.71. The largest absolute Gasteiger partial charge is 0.398 e. The standard InChI is InChI=1S/C16H16IN3O/c1-21-9-8-20-15-5-3-2-4-14(15)19-16(20)12-10-11(17)6-7-13(12)18/h2-7,10H,8-9,18H2,1H3. The van der Waals surface area contributed by atoms with E-state index in [1.165, 1.54) is 0 Å². The van der Waals surface area contributed by atoms with E-state index in [1.54, 1.807) is 7.11 Å². The molecule has 5 heteroatoms. The zero-order chi connectivity index (χ0) is 14.8. The van der Waals surface area contributed by atoms with E-state index in [-0.39, 0.29) is 0 Å². The molecule has 0 bridgehead atoms. The first-order chi connectivity index (χ1) is 10.2. The molecule has 1 aromatic heterocycles. The number of hydrogen-bond acceptors (Lipinski definition) is 3. The lowest BCUT2D eigenvalue weighted by atomic mass is 10.1. The van der Waals surface area contributed by atoms with Crippen molar-refractivity contribution in [2.24, 2.45) is 0 Å². The molecule has 0 aliphatic heterocycles. The number of nitrogen functional groups attached to an aromatic ring is 1. The van der Waals surface area contributed by atoms with Gasteiger partial charge in [-0.1, -0.05) is 12.1 Å². The van der Waals surface area contributed by atoms with Crippen molar-refractivity contribution in [1.29, 1.82) is 0 Å². The SMILES string of the molecule is COCCn1c(-c2cc(I)ccc2N)nc2ccccc21. The van der Waals surface area contributed by atoms with Crippen molar-refractivity contribution in [2.45, 2.75) is 6.54 Å². The van der Waals surface area contributed by atoms with Crippen LogP contribution in [0.15, 0.2) is 42.5 Å². The van der Waals surface area contributed by atoms with Crippen LogP contribution in [0.1, 0.15) is 0 Å². The van der Waals surface area contributed by atoms with E-state index in [9.17, 15) is 0 Å². The second-order valence-corrected chi connectivity index (χ2v) is 6.05. The highest BCUT2D eigenvalue weighted by Gasteiger charge is 2.14. The molecule has 0 amide bonds. The van der Waals surface area contributed by atoms with Crippen LogP contribution in [-0.4, -0.2) is 23.3 Å². The lowest BCUT2D eigenvalue weighted by Gasteiger charge is -2.11. The maximum Gasteiger partial charge on any atom is 0.143 e. The molecule has 0 aliphatic carbocycles. The summed E-state index contributed by atoms with van der Waals surface area (Å²) in [5, 5.41) is 0. The normalized spacial score (nSPS) is 11.1. The molecule has 2 N–H and O–H groups in total. The van der Waals surface area contributed by atoms with Crippen molar-refractivity contribution in [3.8, 4) is 11.4 Å². The van der Waals surface area contributed by atoms with Crippen molar-refractivity contribution in [1.82, 2.24) is 9.55 Å². The van der Waals surface area contributed by atoms with E-state index in [1.807, 2.05) is 30.3 Å². The van der Waals surface area contributed by atoms with Crippen LogP contribution in [0.5, 0.6) is 0 Å². The maximum absolute atomic E-state index is 6.15. The number of nitrogens with two attached hydrogens (primary N) is 1. The highest BCUT2D eigenvalue weighted by atomic mass is 127. The van der Waals surface area contributed by atoms with Gasteiger partial charge in [0.25, 0.3) is 0 Å². The fourth-order valence-electron chi connectivity index (χ4n) is 2.41. The van der Waals surface area contributed by atoms with Gasteiger partial charge in [0, 0.05) is 28.5 Å². The predicted molar refractivity (Wildman–Crippen MR) is 94.2 cm³/mol. The summed E-state index contributed by atoms with van der Waals surface area (Å²) < 4.78 is 8.54. The molecule has 3 rings (SSSR count). The molecule has 0 fully saturated rings. The number of methoxy groups -OCH3 is 1. The summed E-state index contributed by atoms with van der Waals surface area (Å²) in [6.07, 6.45) is 0. The number of rotatable bonds is 4. The summed E-state index contributed by atoms with van der Waals surface area (Å²) in [4.78, 5) is 4.76. The van der Waals surface area contributed by atoms with E-state index >= 15 is 0 Å². The van der Waals surface area contributed by atoms with E-state index in [0.717, 1.165) is 38.2 Å². The minimum atomic E-state index is 0.636. The minimum Gasteiger partial charge on any atom is -0.398 e. The van der Waals surface area contributed by atoms with Gasteiger partial charge in [0.15, 0.2) is 0 Å². The van der Waals surface area contributed by atoms with Gasteiger partial charge in [-0.15, -0.1) is 0 Å². The van der Waals surface area contributed by atoms with Crippen molar-refractivity contribution < 1.29 is 4.74 Å². The quantitative estimate of drug-likeness (QED) is 0.545. The van der Waals surface area contributed by atoms with Gasteiger partial charge >= 0.3 is 0 Å². The number of nitrogens with zero attached hydrogens (tertiary/aromatic N) is 2. The van der Waals surface area contributed by atoms with Crippen molar-refractivity contribution in [3.63, 3.8) is 0 Å². The van der Waals surface area contributed by atoms with E-state index in [0.29, 0.717) is 6.61 Å². The van der Waals surface area contributed by atoms with Gasteiger partial charge < -0.3 is 15.0 Å².